The average molecular weight is 198 g/mol. The van der Waals surface area contributed by atoms with Crippen molar-refractivity contribution in [1.29, 1.82) is 0 Å². The number of hydrogen-bond acceptors (Lipinski definition) is 2. The molecule has 0 saturated carbocycles. The fourth-order valence-corrected chi connectivity index (χ4v) is 2.71. The average Bonchev–Trinajstić information content (AvgIpc) is 2.43. The monoisotopic (exact) mass is 198 g/mol. The lowest BCUT2D eigenvalue weighted by molar-refractivity contribution is 0.206. The van der Waals surface area contributed by atoms with Crippen LogP contribution in [0.25, 0.3) is 0 Å². The van der Waals surface area contributed by atoms with Crippen molar-refractivity contribution in [3.63, 3.8) is 0 Å². The molecule has 2 heteroatoms. The van der Waals surface area contributed by atoms with Crippen LogP contribution in [0, 0.1) is 11.8 Å². The number of rotatable bonds is 4. The first-order chi connectivity index (χ1) is 6.52. The molecule has 0 aromatic carbocycles. The highest BCUT2D eigenvalue weighted by Gasteiger charge is 2.33. The Morgan fingerprint density at radius 1 is 1.29 bits per heavy atom. The highest BCUT2D eigenvalue weighted by atomic mass is 15.2. The van der Waals surface area contributed by atoms with Gasteiger partial charge in [0.05, 0.1) is 0 Å². The molecule has 2 nitrogen and oxygen atoms in total. The zero-order valence-corrected chi connectivity index (χ0v) is 10.4. The maximum absolute atomic E-state index is 3.57. The molecule has 0 aromatic rings. The van der Waals surface area contributed by atoms with E-state index in [9.17, 15) is 0 Å². The molecule has 0 radical (unpaired) electrons. The number of likely N-dealkylation sites (tertiary alicyclic amines) is 1. The summed E-state index contributed by atoms with van der Waals surface area (Å²) in [4.78, 5) is 2.53. The quantitative estimate of drug-likeness (QED) is 0.743. The highest BCUT2D eigenvalue weighted by molar-refractivity contribution is 4.88. The third-order valence-electron chi connectivity index (χ3n) is 3.32. The van der Waals surface area contributed by atoms with Gasteiger partial charge >= 0.3 is 0 Å². The Kier molecular flexibility index (Phi) is 4.39. The van der Waals surface area contributed by atoms with Gasteiger partial charge in [-0.15, -0.1) is 0 Å². The molecule has 1 saturated heterocycles. The lowest BCUT2D eigenvalue weighted by Gasteiger charge is -2.29. The molecule has 1 aliphatic heterocycles. The van der Waals surface area contributed by atoms with Gasteiger partial charge in [0.1, 0.15) is 0 Å². The molecule has 84 valence electrons. The highest BCUT2D eigenvalue weighted by Crippen LogP contribution is 2.27. The van der Waals surface area contributed by atoms with Crippen LogP contribution in [0.15, 0.2) is 0 Å². The fraction of sp³-hybridized carbons (Fsp3) is 1.00. The minimum absolute atomic E-state index is 0.619. The number of nitrogens with zero attached hydrogens (tertiary/aromatic N) is 1. The summed E-state index contributed by atoms with van der Waals surface area (Å²) in [5, 5.41) is 3.57. The first-order valence-corrected chi connectivity index (χ1v) is 5.96. The van der Waals surface area contributed by atoms with Gasteiger partial charge in [0.15, 0.2) is 0 Å². The SMILES string of the molecule is CC(C)NC[C@@H]1CCN(C)[C@@H]1C(C)C. The van der Waals surface area contributed by atoms with Gasteiger partial charge in [0.25, 0.3) is 0 Å². The van der Waals surface area contributed by atoms with Crippen LogP contribution in [-0.2, 0) is 0 Å². The van der Waals surface area contributed by atoms with Crippen LogP contribution in [0.2, 0.25) is 0 Å². The van der Waals surface area contributed by atoms with Crippen LogP contribution in [0.1, 0.15) is 34.1 Å². The first-order valence-electron chi connectivity index (χ1n) is 5.96. The Balaban J connectivity index is 2.43. The van der Waals surface area contributed by atoms with Gasteiger partial charge < -0.3 is 10.2 Å². The molecule has 0 unspecified atom stereocenters. The summed E-state index contributed by atoms with van der Waals surface area (Å²) in [5.41, 5.74) is 0. The molecule has 14 heavy (non-hydrogen) atoms. The third kappa shape index (κ3) is 2.96. The van der Waals surface area contributed by atoms with Gasteiger partial charge in [-0.3, -0.25) is 0 Å². The van der Waals surface area contributed by atoms with E-state index in [4.69, 9.17) is 0 Å². The molecule has 1 aliphatic rings. The maximum Gasteiger partial charge on any atom is 0.0156 e. The minimum Gasteiger partial charge on any atom is -0.314 e. The molecule has 1 rings (SSSR count). The van der Waals surface area contributed by atoms with Crippen molar-refractivity contribution in [1.82, 2.24) is 10.2 Å². The molecule has 0 aromatic heterocycles. The van der Waals surface area contributed by atoms with Gasteiger partial charge in [-0.2, -0.15) is 0 Å². The topological polar surface area (TPSA) is 15.3 Å². The van der Waals surface area contributed by atoms with Gasteiger partial charge in [0, 0.05) is 12.1 Å². The van der Waals surface area contributed by atoms with E-state index in [0.29, 0.717) is 6.04 Å². The Bertz CT molecular complexity index is 166. The van der Waals surface area contributed by atoms with Crippen LogP contribution in [0.3, 0.4) is 0 Å². The summed E-state index contributed by atoms with van der Waals surface area (Å²) >= 11 is 0. The first kappa shape index (κ1) is 12.0. The standard InChI is InChI=1S/C12H26N2/c1-9(2)12-11(6-7-14(12)5)8-13-10(3)4/h9-13H,6-8H2,1-5H3/t11-,12+/m0/s1. The Hall–Kier alpha value is -0.0800. The van der Waals surface area contributed by atoms with Crippen molar-refractivity contribution in [3.05, 3.63) is 0 Å². The molecule has 0 spiro atoms. The van der Waals surface area contributed by atoms with Crippen LogP contribution < -0.4 is 5.32 Å². The lowest BCUT2D eigenvalue weighted by Crippen LogP contribution is -2.39. The van der Waals surface area contributed by atoms with Crippen molar-refractivity contribution in [2.45, 2.75) is 46.2 Å². The fourth-order valence-electron chi connectivity index (χ4n) is 2.71. The van der Waals surface area contributed by atoms with E-state index in [2.05, 4.69) is 45.0 Å². The molecule has 0 amide bonds. The van der Waals surface area contributed by atoms with E-state index in [1.54, 1.807) is 0 Å². The van der Waals surface area contributed by atoms with E-state index in [1.165, 1.54) is 19.5 Å². The van der Waals surface area contributed by atoms with Gasteiger partial charge in [-0.25, -0.2) is 0 Å². The summed E-state index contributed by atoms with van der Waals surface area (Å²) in [6.45, 7) is 11.6. The second-order valence-corrected chi connectivity index (χ2v) is 5.33. The van der Waals surface area contributed by atoms with Crippen molar-refractivity contribution in [2.75, 3.05) is 20.1 Å². The molecule has 0 bridgehead atoms. The molecule has 1 heterocycles. The normalized spacial score (nSPS) is 29.4. The Labute approximate surface area is 89.1 Å². The Morgan fingerprint density at radius 3 is 2.43 bits per heavy atom. The second-order valence-electron chi connectivity index (χ2n) is 5.33. The zero-order valence-electron chi connectivity index (χ0n) is 10.4. The van der Waals surface area contributed by atoms with Gasteiger partial charge in [-0.05, 0) is 38.4 Å². The molecule has 0 aliphatic carbocycles. The second kappa shape index (κ2) is 5.13. The lowest BCUT2D eigenvalue weighted by atomic mass is 9.91. The molecular weight excluding hydrogens is 172 g/mol. The van der Waals surface area contributed by atoms with Crippen LogP contribution >= 0.6 is 0 Å². The maximum atomic E-state index is 3.57. The number of hydrogen-bond donors (Lipinski definition) is 1. The largest absolute Gasteiger partial charge is 0.314 e. The van der Waals surface area contributed by atoms with E-state index < -0.39 is 0 Å². The van der Waals surface area contributed by atoms with E-state index in [-0.39, 0.29) is 0 Å². The predicted molar refractivity (Wildman–Crippen MR) is 62.5 cm³/mol. The van der Waals surface area contributed by atoms with Crippen LogP contribution in [-0.4, -0.2) is 37.1 Å². The van der Waals surface area contributed by atoms with Crippen LogP contribution in [0.5, 0.6) is 0 Å². The Morgan fingerprint density at radius 2 is 1.93 bits per heavy atom. The van der Waals surface area contributed by atoms with Gasteiger partial charge in [-0.1, -0.05) is 27.7 Å². The van der Waals surface area contributed by atoms with E-state index >= 15 is 0 Å². The summed E-state index contributed by atoms with van der Waals surface area (Å²) in [6.07, 6.45) is 1.36. The van der Waals surface area contributed by atoms with E-state index in [0.717, 1.165) is 17.9 Å². The molecule has 2 atom stereocenters. The zero-order chi connectivity index (χ0) is 10.7. The van der Waals surface area contributed by atoms with Crippen molar-refractivity contribution in [3.8, 4) is 0 Å². The predicted octanol–water partition coefficient (Wildman–Crippen LogP) is 1.96. The van der Waals surface area contributed by atoms with Crippen molar-refractivity contribution in [2.24, 2.45) is 11.8 Å². The minimum atomic E-state index is 0.619. The summed E-state index contributed by atoms with van der Waals surface area (Å²) in [7, 11) is 2.26. The number of nitrogens with one attached hydrogen (secondary N) is 1. The van der Waals surface area contributed by atoms with Crippen molar-refractivity contribution >= 4 is 0 Å². The third-order valence-corrected chi connectivity index (χ3v) is 3.32. The summed E-state index contributed by atoms with van der Waals surface area (Å²) in [5.74, 6) is 1.63. The molecule has 1 N–H and O–H groups in total. The summed E-state index contributed by atoms with van der Waals surface area (Å²) in [6, 6.07) is 1.40. The van der Waals surface area contributed by atoms with Gasteiger partial charge in [0.2, 0.25) is 0 Å². The van der Waals surface area contributed by atoms with E-state index in [1.807, 2.05) is 0 Å². The van der Waals surface area contributed by atoms with Crippen molar-refractivity contribution < 1.29 is 0 Å². The smallest absolute Gasteiger partial charge is 0.0156 e. The summed E-state index contributed by atoms with van der Waals surface area (Å²) < 4.78 is 0. The van der Waals surface area contributed by atoms with Crippen LogP contribution in [0.4, 0.5) is 0 Å². The molecule has 1 fully saturated rings. The molecular formula is C12H26N2.